The van der Waals surface area contributed by atoms with Crippen LogP contribution in [0.5, 0.6) is 5.75 Å². The number of amides is 3. The summed E-state index contributed by atoms with van der Waals surface area (Å²) in [6.07, 6.45) is 2.08. The van der Waals surface area contributed by atoms with Gasteiger partial charge in [-0.25, -0.2) is 9.79 Å². The second-order valence-corrected chi connectivity index (χ2v) is 7.97. The van der Waals surface area contributed by atoms with E-state index in [2.05, 4.69) is 0 Å². The van der Waals surface area contributed by atoms with Gasteiger partial charge in [0.1, 0.15) is 5.75 Å². The molecule has 1 fully saturated rings. The first-order valence-electron chi connectivity index (χ1n) is 10.7. The van der Waals surface area contributed by atoms with E-state index >= 15 is 0 Å². The molecule has 0 N–H and O–H groups in total. The molecule has 164 valence electrons. The average Bonchev–Trinajstić information content (AvgIpc) is 3.37. The molecular weight excluding hydrogens is 406 g/mol. The number of aliphatic imine (C=N–C) groups is 1. The Labute approximate surface area is 187 Å². The van der Waals surface area contributed by atoms with Crippen molar-refractivity contribution in [2.24, 2.45) is 4.99 Å². The van der Waals surface area contributed by atoms with Crippen LogP contribution in [-0.2, 0) is 4.79 Å². The number of para-hydroxylation sites is 2. The number of nitrogens with zero attached hydrogens (tertiary/aromatic N) is 5. The predicted molar refractivity (Wildman–Crippen MR) is 122 cm³/mol. The molecule has 32 heavy (non-hydrogen) atoms. The van der Waals surface area contributed by atoms with Crippen LogP contribution in [-0.4, -0.2) is 65.5 Å². The lowest BCUT2D eigenvalue weighted by molar-refractivity contribution is -0.136. The van der Waals surface area contributed by atoms with Gasteiger partial charge >= 0.3 is 6.03 Å². The van der Waals surface area contributed by atoms with Crippen molar-refractivity contribution in [3.63, 3.8) is 0 Å². The van der Waals surface area contributed by atoms with Crippen molar-refractivity contribution < 1.29 is 14.3 Å². The van der Waals surface area contributed by atoms with Gasteiger partial charge in [-0.1, -0.05) is 49.4 Å². The minimum absolute atomic E-state index is 0.218. The number of guanidine groups is 1. The Hall–Kier alpha value is -3.81. The minimum atomic E-state index is -0.599. The fourth-order valence-corrected chi connectivity index (χ4v) is 4.53. The number of hydrogen-bond acceptors (Lipinski definition) is 6. The monoisotopic (exact) mass is 431 g/mol. The van der Waals surface area contributed by atoms with Crippen molar-refractivity contribution in [1.82, 2.24) is 14.7 Å². The number of likely N-dealkylation sites (N-methyl/N-ethyl adjacent to an activating group) is 1. The quantitative estimate of drug-likeness (QED) is 0.727. The maximum atomic E-state index is 13.4. The highest BCUT2D eigenvalue weighted by atomic mass is 16.5. The van der Waals surface area contributed by atoms with Crippen LogP contribution < -0.4 is 9.64 Å². The van der Waals surface area contributed by atoms with Crippen LogP contribution in [0.1, 0.15) is 18.9 Å². The SMILES string of the molecule is CCCN1C(=O)C2C(N=C3N(c4ccccc4OC)C(c4ccccc4)=CN32)N(C)C1=O. The highest BCUT2D eigenvalue weighted by Gasteiger charge is 2.54. The number of urea groups is 1. The second kappa shape index (κ2) is 7.71. The molecule has 0 saturated carbocycles. The molecule has 8 nitrogen and oxygen atoms in total. The molecule has 3 amide bonds. The van der Waals surface area contributed by atoms with Crippen LogP contribution in [0.25, 0.3) is 5.70 Å². The van der Waals surface area contributed by atoms with Crippen molar-refractivity contribution in [1.29, 1.82) is 0 Å². The smallest absolute Gasteiger partial charge is 0.328 e. The van der Waals surface area contributed by atoms with E-state index < -0.39 is 12.2 Å². The van der Waals surface area contributed by atoms with Crippen molar-refractivity contribution >= 4 is 29.3 Å². The molecule has 0 aliphatic carbocycles. The van der Waals surface area contributed by atoms with Crippen molar-refractivity contribution in [2.75, 3.05) is 25.6 Å². The number of methoxy groups -OCH3 is 1. The summed E-state index contributed by atoms with van der Waals surface area (Å²) in [7, 11) is 3.34. The molecule has 3 aliphatic rings. The van der Waals surface area contributed by atoms with E-state index in [-0.39, 0.29) is 11.9 Å². The maximum absolute atomic E-state index is 13.4. The average molecular weight is 431 g/mol. The van der Waals surface area contributed by atoms with Gasteiger partial charge in [-0.15, -0.1) is 0 Å². The Morgan fingerprint density at radius 3 is 2.47 bits per heavy atom. The van der Waals surface area contributed by atoms with E-state index in [1.165, 1.54) is 4.90 Å². The van der Waals surface area contributed by atoms with Crippen LogP contribution in [0.15, 0.2) is 65.8 Å². The summed E-state index contributed by atoms with van der Waals surface area (Å²) in [5.74, 6) is 1.08. The Bertz CT molecular complexity index is 1130. The Morgan fingerprint density at radius 2 is 1.75 bits per heavy atom. The lowest BCUT2D eigenvalue weighted by atomic mass is 10.1. The highest BCUT2D eigenvalue weighted by Crippen LogP contribution is 2.42. The molecule has 2 aromatic rings. The van der Waals surface area contributed by atoms with Crippen LogP contribution >= 0.6 is 0 Å². The number of imide groups is 1. The van der Waals surface area contributed by atoms with Crippen LogP contribution in [0.2, 0.25) is 0 Å². The van der Waals surface area contributed by atoms with Gasteiger partial charge < -0.3 is 9.64 Å². The summed E-state index contributed by atoms with van der Waals surface area (Å²) >= 11 is 0. The van der Waals surface area contributed by atoms with Gasteiger partial charge in [0.05, 0.1) is 18.5 Å². The Morgan fingerprint density at radius 1 is 1.03 bits per heavy atom. The zero-order chi connectivity index (χ0) is 22.4. The number of anilines is 1. The molecular formula is C24H25N5O3. The molecule has 2 aromatic carbocycles. The zero-order valence-corrected chi connectivity index (χ0v) is 18.3. The third-order valence-corrected chi connectivity index (χ3v) is 6.05. The molecule has 1 saturated heterocycles. The molecule has 3 heterocycles. The molecule has 0 radical (unpaired) electrons. The summed E-state index contributed by atoms with van der Waals surface area (Å²) < 4.78 is 5.64. The fraction of sp³-hybridized carbons (Fsp3) is 0.292. The number of carbonyl (C=O) groups is 2. The molecule has 2 atom stereocenters. The normalized spacial score (nSPS) is 22.1. The summed E-state index contributed by atoms with van der Waals surface area (Å²) in [5, 5.41) is 0. The van der Waals surface area contributed by atoms with Gasteiger partial charge in [-0.05, 0) is 18.6 Å². The third kappa shape index (κ3) is 2.86. The second-order valence-electron chi connectivity index (χ2n) is 7.97. The molecule has 2 unspecified atom stereocenters. The van der Waals surface area contributed by atoms with Gasteiger partial charge in [0.25, 0.3) is 5.91 Å². The van der Waals surface area contributed by atoms with Crippen molar-refractivity contribution in [3.05, 3.63) is 66.4 Å². The minimum Gasteiger partial charge on any atom is -0.495 e. The van der Waals surface area contributed by atoms with Gasteiger partial charge in [0.2, 0.25) is 5.96 Å². The van der Waals surface area contributed by atoms with Crippen LogP contribution in [0, 0.1) is 0 Å². The van der Waals surface area contributed by atoms with E-state index in [0.717, 1.165) is 16.9 Å². The van der Waals surface area contributed by atoms with E-state index in [1.54, 1.807) is 19.1 Å². The predicted octanol–water partition coefficient (Wildman–Crippen LogP) is 3.18. The lowest BCUT2D eigenvalue weighted by Crippen LogP contribution is -2.64. The number of fused-ring (bicyclic) bond motifs is 3. The topological polar surface area (TPSA) is 68.7 Å². The largest absolute Gasteiger partial charge is 0.495 e. The van der Waals surface area contributed by atoms with Gasteiger partial charge in [-0.3, -0.25) is 19.5 Å². The first kappa shape index (κ1) is 20.1. The van der Waals surface area contributed by atoms with E-state index in [1.807, 2.05) is 77.5 Å². The number of ether oxygens (including phenoxy) is 1. The van der Waals surface area contributed by atoms with E-state index in [9.17, 15) is 9.59 Å². The van der Waals surface area contributed by atoms with Gasteiger partial charge in [-0.2, -0.15) is 0 Å². The third-order valence-electron chi connectivity index (χ3n) is 6.05. The van der Waals surface area contributed by atoms with Crippen LogP contribution in [0.3, 0.4) is 0 Å². The molecule has 0 bridgehead atoms. The number of hydrogen-bond donors (Lipinski definition) is 0. The van der Waals surface area contributed by atoms with Gasteiger partial charge in [0, 0.05) is 25.4 Å². The lowest BCUT2D eigenvalue weighted by Gasteiger charge is -2.40. The molecule has 8 heteroatoms. The van der Waals surface area contributed by atoms with Crippen molar-refractivity contribution in [2.45, 2.75) is 25.6 Å². The highest BCUT2D eigenvalue weighted by molar-refractivity contribution is 6.16. The molecule has 3 aliphatic heterocycles. The van der Waals surface area contributed by atoms with Gasteiger partial charge in [0.15, 0.2) is 12.2 Å². The summed E-state index contributed by atoms with van der Waals surface area (Å²) in [4.78, 5) is 37.9. The van der Waals surface area contributed by atoms with Crippen molar-refractivity contribution in [3.8, 4) is 5.75 Å². The standard InChI is InChI=1S/C24H25N5O3/c1-4-14-27-22(30)20-21(26(2)24(27)31)25-23-28(20)15-18(16-10-6-5-7-11-16)29(23)17-12-8-9-13-19(17)32-3/h5-13,15,20-21H,4,14H2,1-3H3. The number of rotatable bonds is 5. The molecule has 5 rings (SSSR count). The maximum Gasteiger partial charge on any atom is 0.328 e. The fourth-order valence-electron chi connectivity index (χ4n) is 4.53. The number of carbonyl (C=O) groups excluding carboxylic acids is 2. The number of benzene rings is 2. The Kier molecular flexibility index (Phi) is 4.84. The van der Waals surface area contributed by atoms with E-state index in [4.69, 9.17) is 9.73 Å². The van der Waals surface area contributed by atoms with Crippen LogP contribution in [0.4, 0.5) is 10.5 Å². The summed E-state index contributed by atoms with van der Waals surface area (Å²) in [5.41, 5.74) is 2.70. The Balaban J connectivity index is 1.64. The summed E-state index contributed by atoms with van der Waals surface area (Å²) in [6.45, 7) is 2.34. The molecule has 0 aromatic heterocycles. The summed E-state index contributed by atoms with van der Waals surface area (Å²) in [6, 6.07) is 16.8. The zero-order valence-electron chi connectivity index (χ0n) is 18.3. The van der Waals surface area contributed by atoms with E-state index in [0.29, 0.717) is 24.7 Å². The molecule has 0 spiro atoms. The first-order valence-corrected chi connectivity index (χ1v) is 10.7. The first-order chi connectivity index (χ1) is 15.6.